The van der Waals surface area contributed by atoms with Crippen LogP contribution in [0.3, 0.4) is 0 Å². The Morgan fingerprint density at radius 3 is 2.65 bits per heavy atom. The van der Waals surface area contributed by atoms with E-state index in [4.69, 9.17) is 0 Å². The van der Waals surface area contributed by atoms with Gasteiger partial charge in [-0.25, -0.2) is 0 Å². The van der Waals surface area contributed by atoms with E-state index in [1.165, 1.54) is 29.3 Å². The molecule has 0 heterocycles. The zero-order valence-electron chi connectivity index (χ0n) is 10.8. The van der Waals surface area contributed by atoms with Crippen molar-refractivity contribution in [1.82, 2.24) is 5.32 Å². The molecule has 1 aromatic rings. The van der Waals surface area contributed by atoms with Crippen LogP contribution in [0, 0.1) is 11.3 Å². The first-order chi connectivity index (χ1) is 8.15. The van der Waals surface area contributed by atoms with Gasteiger partial charge in [-0.05, 0) is 48.8 Å². The molecule has 1 aliphatic rings. The number of hydrogen-bond acceptors (Lipinski definition) is 1. The van der Waals surface area contributed by atoms with Gasteiger partial charge < -0.3 is 5.32 Å². The number of rotatable bonds is 6. The van der Waals surface area contributed by atoms with Crippen molar-refractivity contribution in [3.63, 3.8) is 0 Å². The van der Waals surface area contributed by atoms with Gasteiger partial charge in [0, 0.05) is 11.0 Å². The summed E-state index contributed by atoms with van der Waals surface area (Å²) in [6.07, 6.45) is 3.99. The molecule has 1 unspecified atom stereocenters. The maximum Gasteiger partial charge on any atom is 0.0207 e. The van der Waals surface area contributed by atoms with E-state index in [-0.39, 0.29) is 0 Å². The smallest absolute Gasteiger partial charge is 0.0207 e. The lowest BCUT2D eigenvalue weighted by atomic mass is 9.79. The summed E-state index contributed by atoms with van der Waals surface area (Å²) in [6.45, 7) is 6.83. The van der Waals surface area contributed by atoms with Gasteiger partial charge in [-0.15, -0.1) is 0 Å². The van der Waals surface area contributed by atoms with Crippen LogP contribution in [0.2, 0.25) is 0 Å². The average Bonchev–Trinajstić information content (AvgIpc) is 3.14. The van der Waals surface area contributed by atoms with Gasteiger partial charge in [0.25, 0.3) is 0 Å². The summed E-state index contributed by atoms with van der Waals surface area (Å²) < 4.78 is 1.25. The van der Waals surface area contributed by atoms with Crippen molar-refractivity contribution < 1.29 is 0 Å². The molecule has 2 rings (SSSR count). The van der Waals surface area contributed by atoms with Crippen LogP contribution in [0.15, 0.2) is 28.7 Å². The third-order valence-corrected chi connectivity index (χ3v) is 4.67. The second kappa shape index (κ2) is 5.53. The van der Waals surface area contributed by atoms with Crippen molar-refractivity contribution in [2.45, 2.75) is 33.1 Å². The fourth-order valence-electron chi connectivity index (χ4n) is 2.62. The minimum absolute atomic E-state index is 0.417. The van der Waals surface area contributed by atoms with E-state index in [0.717, 1.165) is 19.0 Å². The van der Waals surface area contributed by atoms with Crippen LogP contribution in [-0.4, -0.2) is 13.1 Å². The van der Waals surface area contributed by atoms with E-state index in [9.17, 15) is 0 Å². The highest BCUT2D eigenvalue weighted by molar-refractivity contribution is 9.10. The Balaban J connectivity index is 2.09. The summed E-state index contributed by atoms with van der Waals surface area (Å²) in [7, 11) is 0. The molecule has 1 nitrogen and oxygen atoms in total. The molecular formula is C15H22BrN. The standard InChI is InChI=1S/C15H22BrN/c1-3-17-11-15(2,13-8-9-13)10-12-6-4-5-7-14(12)16/h4-7,13,17H,3,8-11H2,1-2H3. The second-order valence-corrected chi connectivity index (χ2v) is 6.33. The minimum Gasteiger partial charge on any atom is -0.316 e. The van der Waals surface area contributed by atoms with Crippen molar-refractivity contribution in [2.24, 2.45) is 11.3 Å². The molecular weight excluding hydrogens is 274 g/mol. The van der Waals surface area contributed by atoms with Crippen molar-refractivity contribution in [3.05, 3.63) is 34.3 Å². The van der Waals surface area contributed by atoms with Gasteiger partial charge in [0.2, 0.25) is 0 Å². The summed E-state index contributed by atoms with van der Waals surface area (Å²) in [5.41, 5.74) is 1.86. The highest BCUT2D eigenvalue weighted by atomic mass is 79.9. The number of halogens is 1. The van der Waals surface area contributed by atoms with Gasteiger partial charge in [-0.2, -0.15) is 0 Å². The molecule has 0 bridgehead atoms. The largest absolute Gasteiger partial charge is 0.316 e. The van der Waals surface area contributed by atoms with Gasteiger partial charge in [-0.1, -0.05) is 48.0 Å². The van der Waals surface area contributed by atoms with Gasteiger partial charge in [0.15, 0.2) is 0 Å². The molecule has 0 amide bonds. The molecule has 1 atom stereocenters. The van der Waals surface area contributed by atoms with Crippen LogP contribution in [-0.2, 0) is 6.42 Å². The lowest BCUT2D eigenvalue weighted by Crippen LogP contribution is -2.35. The Bertz CT molecular complexity index is 373. The van der Waals surface area contributed by atoms with Gasteiger partial charge in [-0.3, -0.25) is 0 Å². The monoisotopic (exact) mass is 295 g/mol. The van der Waals surface area contributed by atoms with Crippen LogP contribution < -0.4 is 5.32 Å². The maximum absolute atomic E-state index is 3.67. The van der Waals surface area contributed by atoms with Gasteiger partial charge >= 0.3 is 0 Å². The van der Waals surface area contributed by atoms with Crippen molar-refractivity contribution >= 4 is 15.9 Å². The number of nitrogens with one attached hydrogen (secondary N) is 1. The lowest BCUT2D eigenvalue weighted by molar-refractivity contribution is 0.257. The first kappa shape index (κ1) is 13.1. The van der Waals surface area contributed by atoms with E-state index in [1.54, 1.807) is 0 Å². The summed E-state index contributed by atoms with van der Waals surface area (Å²) in [4.78, 5) is 0. The molecule has 0 radical (unpaired) electrons. The van der Waals surface area contributed by atoms with E-state index in [1.807, 2.05) is 0 Å². The predicted octanol–water partition coefficient (Wildman–Crippen LogP) is 4.02. The van der Waals surface area contributed by atoms with Crippen LogP contribution in [0.4, 0.5) is 0 Å². The topological polar surface area (TPSA) is 12.0 Å². The van der Waals surface area contributed by atoms with Crippen LogP contribution >= 0.6 is 15.9 Å². The normalized spacial score (nSPS) is 19.0. The van der Waals surface area contributed by atoms with Crippen molar-refractivity contribution in [1.29, 1.82) is 0 Å². The molecule has 1 saturated carbocycles. The summed E-state index contributed by atoms with van der Waals surface area (Å²) in [5.74, 6) is 0.911. The SMILES string of the molecule is CCNCC(C)(Cc1ccccc1Br)C1CC1. The second-order valence-electron chi connectivity index (χ2n) is 5.48. The molecule has 94 valence electrons. The molecule has 0 spiro atoms. The Morgan fingerprint density at radius 1 is 1.35 bits per heavy atom. The fourth-order valence-corrected chi connectivity index (χ4v) is 3.04. The molecule has 1 N–H and O–H groups in total. The van der Waals surface area contributed by atoms with Gasteiger partial charge in [0.1, 0.15) is 0 Å². The van der Waals surface area contributed by atoms with Crippen LogP contribution in [0.1, 0.15) is 32.3 Å². The number of hydrogen-bond donors (Lipinski definition) is 1. The van der Waals surface area contributed by atoms with Crippen molar-refractivity contribution in [2.75, 3.05) is 13.1 Å². The van der Waals surface area contributed by atoms with Gasteiger partial charge in [0.05, 0.1) is 0 Å². The highest BCUT2D eigenvalue weighted by Crippen LogP contribution is 2.47. The molecule has 2 heteroatoms. The first-order valence-electron chi connectivity index (χ1n) is 6.60. The lowest BCUT2D eigenvalue weighted by Gasteiger charge is -2.30. The Morgan fingerprint density at radius 2 is 2.06 bits per heavy atom. The zero-order valence-corrected chi connectivity index (χ0v) is 12.4. The van der Waals surface area contributed by atoms with E-state index < -0.39 is 0 Å². The molecule has 0 aromatic heterocycles. The number of benzene rings is 1. The summed E-state index contributed by atoms with van der Waals surface area (Å²) in [6, 6.07) is 8.62. The third kappa shape index (κ3) is 3.32. The summed E-state index contributed by atoms with van der Waals surface area (Å²) in [5, 5.41) is 3.53. The van der Waals surface area contributed by atoms with E-state index >= 15 is 0 Å². The molecule has 1 aromatic carbocycles. The molecule has 1 fully saturated rings. The van der Waals surface area contributed by atoms with Crippen LogP contribution in [0.25, 0.3) is 0 Å². The van der Waals surface area contributed by atoms with Crippen LogP contribution in [0.5, 0.6) is 0 Å². The minimum atomic E-state index is 0.417. The first-order valence-corrected chi connectivity index (χ1v) is 7.39. The third-order valence-electron chi connectivity index (χ3n) is 3.89. The predicted molar refractivity (Wildman–Crippen MR) is 77.2 cm³/mol. The molecule has 0 saturated heterocycles. The Kier molecular flexibility index (Phi) is 4.26. The maximum atomic E-state index is 3.67. The Hall–Kier alpha value is -0.340. The average molecular weight is 296 g/mol. The molecule has 17 heavy (non-hydrogen) atoms. The van der Waals surface area contributed by atoms with E-state index in [0.29, 0.717) is 5.41 Å². The zero-order chi connectivity index (χ0) is 12.3. The fraction of sp³-hybridized carbons (Fsp3) is 0.600. The highest BCUT2D eigenvalue weighted by Gasteiger charge is 2.41. The van der Waals surface area contributed by atoms with Crippen molar-refractivity contribution in [3.8, 4) is 0 Å². The Labute approximate surface area is 113 Å². The van der Waals surface area contributed by atoms with E-state index in [2.05, 4.69) is 59.4 Å². The summed E-state index contributed by atoms with van der Waals surface area (Å²) >= 11 is 3.67. The molecule has 1 aliphatic carbocycles. The quantitative estimate of drug-likeness (QED) is 0.836. The molecule has 0 aliphatic heterocycles.